The van der Waals surface area contributed by atoms with E-state index in [9.17, 15) is 4.79 Å². The van der Waals surface area contributed by atoms with Gasteiger partial charge in [-0.25, -0.2) is 0 Å². The van der Waals surface area contributed by atoms with Gasteiger partial charge in [-0.3, -0.25) is 9.78 Å². The van der Waals surface area contributed by atoms with Crippen LogP contribution in [0.25, 0.3) is 6.08 Å². The first kappa shape index (κ1) is 18.5. The topological polar surface area (TPSA) is 60.5 Å². The molecule has 0 bridgehead atoms. The van der Waals surface area contributed by atoms with E-state index < -0.39 is 0 Å². The zero-order valence-electron chi connectivity index (χ0n) is 14.9. The first-order chi connectivity index (χ1) is 12.1. The van der Waals surface area contributed by atoms with Gasteiger partial charge in [-0.15, -0.1) is 0 Å². The van der Waals surface area contributed by atoms with Crippen LogP contribution in [0.5, 0.6) is 11.5 Å². The summed E-state index contributed by atoms with van der Waals surface area (Å²) in [6.07, 6.45) is 6.70. The van der Waals surface area contributed by atoms with E-state index in [1.807, 2.05) is 51.1 Å². The molecule has 5 heteroatoms. The van der Waals surface area contributed by atoms with Gasteiger partial charge >= 0.3 is 0 Å². The zero-order chi connectivity index (χ0) is 18.1. The molecule has 1 aromatic carbocycles. The molecule has 1 atom stereocenters. The lowest BCUT2D eigenvalue weighted by Gasteiger charge is -2.12. The fourth-order valence-corrected chi connectivity index (χ4v) is 2.34. The van der Waals surface area contributed by atoms with E-state index >= 15 is 0 Å². The molecule has 5 nitrogen and oxygen atoms in total. The summed E-state index contributed by atoms with van der Waals surface area (Å²) in [6.45, 7) is 6.91. The van der Waals surface area contributed by atoms with Crippen LogP contribution in [0.2, 0.25) is 0 Å². The Morgan fingerprint density at radius 2 is 1.80 bits per heavy atom. The maximum Gasteiger partial charge on any atom is 0.244 e. The van der Waals surface area contributed by atoms with E-state index in [1.54, 1.807) is 18.5 Å². The standard InChI is InChI=1S/C20H24N2O3/c1-4-24-18-8-6-16(14-19(18)25-5-2)7-9-20(23)22-15(3)17-10-12-21-13-11-17/h6-15H,4-5H2,1-3H3,(H,22,23). The summed E-state index contributed by atoms with van der Waals surface area (Å²) in [5.74, 6) is 1.23. The van der Waals surface area contributed by atoms with E-state index in [4.69, 9.17) is 9.47 Å². The summed E-state index contributed by atoms with van der Waals surface area (Å²) in [5.41, 5.74) is 1.88. The minimum absolute atomic E-state index is 0.0838. The van der Waals surface area contributed by atoms with Crippen LogP contribution in [-0.2, 0) is 4.79 Å². The molecule has 1 aromatic heterocycles. The normalized spacial score (nSPS) is 12.0. The van der Waals surface area contributed by atoms with Crippen LogP contribution >= 0.6 is 0 Å². The Hall–Kier alpha value is -2.82. The third-order valence-corrected chi connectivity index (χ3v) is 3.56. The van der Waals surface area contributed by atoms with Gasteiger partial charge in [-0.2, -0.15) is 0 Å². The van der Waals surface area contributed by atoms with Crippen LogP contribution < -0.4 is 14.8 Å². The van der Waals surface area contributed by atoms with Crippen molar-refractivity contribution in [2.75, 3.05) is 13.2 Å². The third-order valence-electron chi connectivity index (χ3n) is 3.56. The number of carbonyl (C=O) groups excluding carboxylic acids is 1. The van der Waals surface area contributed by atoms with Crippen molar-refractivity contribution < 1.29 is 14.3 Å². The molecule has 1 unspecified atom stereocenters. The SMILES string of the molecule is CCOc1ccc(C=CC(=O)NC(C)c2ccncc2)cc1OCC. The Morgan fingerprint density at radius 3 is 2.48 bits per heavy atom. The maximum atomic E-state index is 12.1. The van der Waals surface area contributed by atoms with E-state index in [0.29, 0.717) is 24.7 Å². The lowest BCUT2D eigenvalue weighted by atomic mass is 10.1. The average Bonchev–Trinajstić information content (AvgIpc) is 2.63. The molecule has 0 aliphatic heterocycles. The number of hydrogen-bond donors (Lipinski definition) is 1. The van der Waals surface area contributed by atoms with Gasteiger partial charge in [0, 0.05) is 18.5 Å². The summed E-state index contributed by atoms with van der Waals surface area (Å²) in [5, 5.41) is 2.93. The van der Waals surface area contributed by atoms with Gasteiger partial charge < -0.3 is 14.8 Å². The predicted molar refractivity (Wildman–Crippen MR) is 98.6 cm³/mol. The van der Waals surface area contributed by atoms with Gasteiger partial charge in [0.1, 0.15) is 0 Å². The second kappa shape index (κ2) is 9.47. The molecule has 0 fully saturated rings. The van der Waals surface area contributed by atoms with Gasteiger partial charge in [0.25, 0.3) is 0 Å². The van der Waals surface area contributed by atoms with Crippen LogP contribution in [-0.4, -0.2) is 24.1 Å². The molecule has 0 saturated heterocycles. The van der Waals surface area contributed by atoms with Crippen molar-refractivity contribution in [2.24, 2.45) is 0 Å². The quantitative estimate of drug-likeness (QED) is 0.743. The summed E-state index contributed by atoms with van der Waals surface area (Å²) in [4.78, 5) is 16.1. The number of nitrogens with one attached hydrogen (secondary N) is 1. The Labute approximate surface area is 148 Å². The lowest BCUT2D eigenvalue weighted by Crippen LogP contribution is -2.24. The molecular weight excluding hydrogens is 316 g/mol. The number of benzene rings is 1. The van der Waals surface area contributed by atoms with Crippen LogP contribution in [0.15, 0.2) is 48.8 Å². The molecule has 0 spiro atoms. The number of rotatable bonds is 8. The zero-order valence-corrected chi connectivity index (χ0v) is 14.9. The highest BCUT2D eigenvalue weighted by molar-refractivity contribution is 5.92. The number of nitrogens with zero attached hydrogens (tertiary/aromatic N) is 1. The van der Waals surface area contributed by atoms with Crippen molar-refractivity contribution >= 4 is 12.0 Å². The maximum absolute atomic E-state index is 12.1. The monoisotopic (exact) mass is 340 g/mol. The highest BCUT2D eigenvalue weighted by Crippen LogP contribution is 2.29. The first-order valence-electron chi connectivity index (χ1n) is 8.42. The highest BCUT2D eigenvalue weighted by Gasteiger charge is 2.08. The van der Waals surface area contributed by atoms with Gasteiger partial charge in [0.15, 0.2) is 11.5 Å². The number of ether oxygens (including phenoxy) is 2. The molecule has 2 rings (SSSR count). The van der Waals surface area contributed by atoms with Gasteiger partial charge in [0.2, 0.25) is 5.91 Å². The Balaban J connectivity index is 2.02. The van der Waals surface area contributed by atoms with Crippen LogP contribution in [0, 0.1) is 0 Å². The Morgan fingerprint density at radius 1 is 1.12 bits per heavy atom. The molecule has 1 heterocycles. The summed E-state index contributed by atoms with van der Waals surface area (Å²) >= 11 is 0. The van der Waals surface area contributed by atoms with Crippen LogP contribution in [0.1, 0.15) is 37.9 Å². The average molecular weight is 340 g/mol. The lowest BCUT2D eigenvalue weighted by molar-refractivity contribution is -0.117. The number of amides is 1. The smallest absolute Gasteiger partial charge is 0.244 e. The van der Waals surface area contributed by atoms with Crippen molar-refractivity contribution in [1.82, 2.24) is 10.3 Å². The Bertz CT molecular complexity index is 714. The molecule has 25 heavy (non-hydrogen) atoms. The summed E-state index contributed by atoms with van der Waals surface area (Å²) < 4.78 is 11.1. The van der Waals surface area contributed by atoms with E-state index in [-0.39, 0.29) is 11.9 Å². The molecule has 0 saturated carbocycles. The fourth-order valence-electron chi connectivity index (χ4n) is 2.34. The second-order valence-corrected chi connectivity index (χ2v) is 5.42. The van der Waals surface area contributed by atoms with Crippen LogP contribution in [0.4, 0.5) is 0 Å². The molecule has 1 amide bonds. The van der Waals surface area contributed by atoms with E-state index in [2.05, 4.69) is 10.3 Å². The molecule has 1 N–H and O–H groups in total. The third kappa shape index (κ3) is 5.64. The number of pyridine rings is 1. The minimum Gasteiger partial charge on any atom is -0.490 e. The number of carbonyl (C=O) groups is 1. The van der Waals surface area contributed by atoms with E-state index in [0.717, 1.165) is 11.1 Å². The molecule has 0 aliphatic rings. The van der Waals surface area contributed by atoms with Crippen LogP contribution in [0.3, 0.4) is 0 Å². The van der Waals surface area contributed by atoms with Crippen molar-refractivity contribution in [3.63, 3.8) is 0 Å². The second-order valence-electron chi connectivity index (χ2n) is 5.42. The summed E-state index contributed by atoms with van der Waals surface area (Å²) in [6, 6.07) is 9.30. The van der Waals surface area contributed by atoms with Crippen molar-refractivity contribution in [2.45, 2.75) is 26.8 Å². The largest absolute Gasteiger partial charge is 0.490 e. The molecule has 0 radical (unpaired) electrons. The summed E-state index contributed by atoms with van der Waals surface area (Å²) in [7, 11) is 0. The molecular formula is C20H24N2O3. The molecule has 132 valence electrons. The van der Waals surface area contributed by atoms with Crippen molar-refractivity contribution in [3.05, 3.63) is 59.9 Å². The van der Waals surface area contributed by atoms with Crippen molar-refractivity contribution in [3.8, 4) is 11.5 Å². The van der Waals surface area contributed by atoms with Gasteiger partial charge in [-0.05, 0) is 62.2 Å². The predicted octanol–water partition coefficient (Wildman–Crippen LogP) is 3.77. The molecule has 0 aliphatic carbocycles. The van der Waals surface area contributed by atoms with Gasteiger partial charge in [0.05, 0.1) is 19.3 Å². The molecule has 2 aromatic rings. The number of hydrogen-bond acceptors (Lipinski definition) is 4. The number of aromatic nitrogens is 1. The van der Waals surface area contributed by atoms with Gasteiger partial charge in [-0.1, -0.05) is 6.07 Å². The first-order valence-corrected chi connectivity index (χ1v) is 8.42. The highest BCUT2D eigenvalue weighted by atomic mass is 16.5. The fraction of sp³-hybridized carbons (Fsp3) is 0.300. The Kier molecular flexibility index (Phi) is 7.01. The van der Waals surface area contributed by atoms with Crippen molar-refractivity contribution in [1.29, 1.82) is 0 Å². The minimum atomic E-state index is -0.156. The van der Waals surface area contributed by atoms with E-state index in [1.165, 1.54) is 6.08 Å².